The number of hydrogen-bond acceptors (Lipinski definition) is 2. The van der Waals surface area contributed by atoms with Gasteiger partial charge in [0.05, 0.1) is 5.69 Å². The van der Waals surface area contributed by atoms with Crippen molar-refractivity contribution < 1.29 is 0 Å². The second-order valence-electron chi connectivity index (χ2n) is 5.44. The standard InChI is InChI=1S/C13H21N3/c1-9-5-6-16-12(7-9)11(8-14)15-13(16)10-3-2-4-10/h9-10H,2-8,14H2,1H3. The SMILES string of the molecule is CC1CCn2c(C3CCC3)nc(CN)c2C1. The van der Waals surface area contributed by atoms with Gasteiger partial charge < -0.3 is 10.3 Å². The van der Waals surface area contributed by atoms with E-state index in [-0.39, 0.29) is 0 Å². The zero-order chi connectivity index (χ0) is 11.1. The summed E-state index contributed by atoms with van der Waals surface area (Å²) >= 11 is 0. The highest BCUT2D eigenvalue weighted by Gasteiger charge is 2.29. The highest BCUT2D eigenvalue weighted by molar-refractivity contribution is 5.22. The smallest absolute Gasteiger partial charge is 0.112 e. The van der Waals surface area contributed by atoms with Crippen LogP contribution in [0.15, 0.2) is 0 Å². The third kappa shape index (κ3) is 1.49. The Morgan fingerprint density at radius 3 is 2.81 bits per heavy atom. The molecule has 1 fully saturated rings. The molecule has 0 bridgehead atoms. The van der Waals surface area contributed by atoms with Gasteiger partial charge in [0.1, 0.15) is 5.82 Å². The largest absolute Gasteiger partial charge is 0.331 e. The van der Waals surface area contributed by atoms with Crippen LogP contribution in [0.3, 0.4) is 0 Å². The minimum absolute atomic E-state index is 0.606. The predicted octanol–water partition coefficient (Wildman–Crippen LogP) is 2.19. The summed E-state index contributed by atoms with van der Waals surface area (Å²) in [5.41, 5.74) is 8.41. The van der Waals surface area contributed by atoms with Crippen LogP contribution >= 0.6 is 0 Å². The number of nitrogens with two attached hydrogens (primary N) is 1. The molecule has 88 valence electrons. The lowest BCUT2D eigenvalue weighted by atomic mass is 9.84. The van der Waals surface area contributed by atoms with Gasteiger partial charge in [-0.05, 0) is 31.6 Å². The monoisotopic (exact) mass is 219 g/mol. The van der Waals surface area contributed by atoms with E-state index in [2.05, 4.69) is 11.5 Å². The molecule has 1 aliphatic heterocycles. The summed E-state index contributed by atoms with van der Waals surface area (Å²) in [5.74, 6) is 2.87. The van der Waals surface area contributed by atoms with Gasteiger partial charge in [0, 0.05) is 24.7 Å². The molecule has 1 unspecified atom stereocenters. The first-order valence-corrected chi connectivity index (χ1v) is 6.58. The van der Waals surface area contributed by atoms with Gasteiger partial charge >= 0.3 is 0 Å². The fourth-order valence-corrected chi connectivity index (χ4v) is 2.96. The Bertz CT molecular complexity index is 390. The van der Waals surface area contributed by atoms with E-state index in [1.165, 1.54) is 43.6 Å². The molecule has 2 heterocycles. The van der Waals surface area contributed by atoms with Crippen molar-refractivity contribution in [3.63, 3.8) is 0 Å². The molecule has 1 atom stereocenters. The number of rotatable bonds is 2. The van der Waals surface area contributed by atoms with Crippen LogP contribution in [-0.4, -0.2) is 9.55 Å². The topological polar surface area (TPSA) is 43.8 Å². The molecule has 3 heteroatoms. The first-order chi connectivity index (χ1) is 7.79. The summed E-state index contributed by atoms with van der Waals surface area (Å²) < 4.78 is 2.48. The van der Waals surface area contributed by atoms with E-state index < -0.39 is 0 Å². The molecule has 2 aliphatic rings. The zero-order valence-corrected chi connectivity index (χ0v) is 10.1. The lowest BCUT2D eigenvalue weighted by Crippen LogP contribution is -2.22. The van der Waals surface area contributed by atoms with E-state index in [1.54, 1.807) is 0 Å². The van der Waals surface area contributed by atoms with Crippen LogP contribution in [0.25, 0.3) is 0 Å². The van der Waals surface area contributed by atoms with E-state index >= 15 is 0 Å². The molecular weight excluding hydrogens is 198 g/mol. The third-order valence-corrected chi connectivity index (χ3v) is 4.24. The summed E-state index contributed by atoms with van der Waals surface area (Å²) in [6.07, 6.45) is 6.51. The van der Waals surface area contributed by atoms with Crippen molar-refractivity contribution >= 4 is 0 Å². The van der Waals surface area contributed by atoms with E-state index in [0.717, 1.165) is 24.1 Å². The molecule has 1 aromatic heterocycles. The summed E-state index contributed by atoms with van der Waals surface area (Å²) in [5, 5.41) is 0. The van der Waals surface area contributed by atoms with E-state index in [1.807, 2.05) is 0 Å². The molecule has 0 saturated heterocycles. The number of imidazole rings is 1. The second kappa shape index (κ2) is 3.88. The van der Waals surface area contributed by atoms with Crippen LogP contribution in [0.1, 0.15) is 55.7 Å². The van der Waals surface area contributed by atoms with Crippen LogP contribution in [0, 0.1) is 5.92 Å². The van der Waals surface area contributed by atoms with E-state index in [0.29, 0.717) is 6.54 Å². The minimum atomic E-state index is 0.606. The van der Waals surface area contributed by atoms with Gasteiger partial charge in [-0.2, -0.15) is 0 Å². The van der Waals surface area contributed by atoms with Crippen LogP contribution in [0.2, 0.25) is 0 Å². The Morgan fingerprint density at radius 2 is 2.19 bits per heavy atom. The zero-order valence-electron chi connectivity index (χ0n) is 10.1. The Kier molecular flexibility index (Phi) is 2.51. The van der Waals surface area contributed by atoms with Crippen molar-refractivity contribution in [1.82, 2.24) is 9.55 Å². The Labute approximate surface area is 97.0 Å². The van der Waals surface area contributed by atoms with Gasteiger partial charge in [-0.15, -0.1) is 0 Å². The lowest BCUT2D eigenvalue weighted by molar-refractivity contribution is 0.356. The van der Waals surface area contributed by atoms with Crippen molar-refractivity contribution in [3.05, 3.63) is 17.2 Å². The van der Waals surface area contributed by atoms with Gasteiger partial charge in [-0.1, -0.05) is 13.3 Å². The maximum Gasteiger partial charge on any atom is 0.112 e. The van der Waals surface area contributed by atoms with Gasteiger partial charge in [0.2, 0.25) is 0 Å². The summed E-state index contributed by atoms with van der Waals surface area (Å²) in [6, 6.07) is 0. The minimum Gasteiger partial charge on any atom is -0.331 e. The first-order valence-electron chi connectivity index (χ1n) is 6.58. The molecule has 0 amide bonds. The number of fused-ring (bicyclic) bond motifs is 1. The third-order valence-electron chi connectivity index (χ3n) is 4.24. The summed E-state index contributed by atoms with van der Waals surface area (Å²) in [6.45, 7) is 4.10. The first kappa shape index (κ1) is 10.3. The van der Waals surface area contributed by atoms with E-state index in [9.17, 15) is 0 Å². The highest BCUT2D eigenvalue weighted by atomic mass is 15.1. The van der Waals surface area contributed by atoms with Crippen molar-refractivity contribution in [1.29, 1.82) is 0 Å². The van der Waals surface area contributed by atoms with Gasteiger partial charge in [0.15, 0.2) is 0 Å². The number of aromatic nitrogens is 2. The average molecular weight is 219 g/mol. The molecule has 1 aromatic rings. The normalized spacial score (nSPS) is 25.2. The predicted molar refractivity (Wildman–Crippen MR) is 64.2 cm³/mol. The van der Waals surface area contributed by atoms with Crippen LogP contribution in [0.4, 0.5) is 0 Å². The van der Waals surface area contributed by atoms with Crippen molar-refractivity contribution in [3.8, 4) is 0 Å². The maximum absolute atomic E-state index is 5.82. The summed E-state index contributed by atoms with van der Waals surface area (Å²) in [4.78, 5) is 4.80. The average Bonchev–Trinajstić information content (AvgIpc) is 2.54. The fourth-order valence-electron chi connectivity index (χ4n) is 2.96. The van der Waals surface area contributed by atoms with Crippen molar-refractivity contribution in [2.45, 2.75) is 58.0 Å². The summed E-state index contributed by atoms with van der Waals surface area (Å²) in [7, 11) is 0. The molecule has 1 saturated carbocycles. The fraction of sp³-hybridized carbons (Fsp3) is 0.769. The van der Waals surface area contributed by atoms with E-state index in [4.69, 9.17) is 10.7 Å². The Balaban J connectivity index is 2.00. The Hall–Kier alpha value is -0.830. The molecular formula is C13H21N3. The van der Waals surface area contributed by atoms with Gasteiger partial charge in [0.25, 0.3) is 0 Å². The van der Waals surface area contributed by atoms with Gasteiger partial charge in [-0.3, -0.25) is 0 Å². The number of hydrogen-bond donors (Lipinski definition) is 1. The second-order valence-corrected chi connectivity index (χ2v) is 5.44. The Morgan fingerprint density at radius 1 is 1.38 bits per heavy atom. The maximum atomic E-state index is 5.82. The molecule has 1 aliphatic carbocycles. The molecule has 3 nitrogen and oxygen atoms in total. The quantitative estimate of drug-likeness (QED) is 0.828. The van der Waals surface area contributed by atoms with Crippen LogP contribution in [0.5, 0.6) is 0 Å². The molecule has 3 rings (SSSR count). The molecule has 0 spiro atoms. The molecule has 2 N–H and O–H groups in total. The molecule has 0 aromatic carbocycles. The lowest BCUT2D eigenvalue weighted by Gasteiger charge is -2.28. The highest BCUT2D eigenvalue weighted by Crippen LogP contribution is 2.38. The molecule has 0 radical (unpaired) electrons. The van der Waals surface area contributed by atoms with Crippen molar-refractivity contribution in [2.24, 2.45) is 11.7 Å². The number of nitrogens with zero attached hydrogens (tertiary/aromatic N) is 2. The van der Waals surface area contributed by atoms with Crippen LogP contribution in [-0.2, 0) is 19.5 Å². The van der Waals surface area contributed by atoms with Gasteiger partial charge in [-0.25, -0.2) is 4.98 Å². The van der Waals surface area contributed by atoms with Crippen molar-refractivity contribution in [2.75, 3.05) is 0 Å². The van der Waals surface area contributed by atoms with Crippen LogP contribution < -0.4 is 5.73 Å². The molecule has 16 heavy (non-hydrogen) atoms.